The normalized spacial score (nSPS) is 13.8. The fourth-order valence-electron chi connectivity index (χ4n) is 4.05. The van der Waals surface area contributed by atoms with Crippen molar-refractivity contribution in [2.75, 3.05) is 55.9 Å². The fraction of sp³-hybridized carbons (Fsp3) is 0.231. The summed E-state index contributed by atoms with van der Waals surface area (Å²) in [6.45, 7) is 7.29. The quantitative estimate of drug-likeness (QED) is 0.368. The minimum atomic E-state index is -0.307. The molecule has 0 radical (unpaired) electrons. The van der Waals surface area contributed by atoms with Gasteiger partial charge in [-0.2, -0.15) is 4.98 Å². The van der Waals surface area contributed by atoms with Gasteiger partial charge in [0.25, 0.3) is 0 Å². The van der Waals surface area contributed by atoms with Gasteiger partial charge < -0.3 is 25.2 Å². The molecule has 0 atom stereocenters. The van der Waals surface area contributed by atoms with E-state index in [9.17, 15) is 4.79 Å². The number of anilines is 4. The summed E-state index contributed by atoms with van der Waals surface area (Å²) >= 11 is 0. The van der Waals surface area contributed by atoms with Gasteiger partial charge in [0.05, 0.1) is 12.8 Å². The minimum absolute atomic E-state index is 0.307. The zero-order valence-electron chi connectivity index (χ0n) is 20.7. The average molecular weight is 498 g/mol. The predicted molar refractivity (Wildman–Crippen MR) is 143 cm³/mol. The molecule has 4 aromatic rings. The second kappa shape index (κ2) is 10.5. The van der Waals surface area contributed by atoms with Gasteiger partial charge in [-0.1, -0.05) is 6.58 Å². The first kappa shape index (κ1) is 24.1. The third-order valence-electron chi connectivity index (χ3n) is 6.07. The lowest BCUT2D eigenvalue weighted by Crippen LogP contribution is -2.44. The molecule has 5 heterocycles. The molecule has 0 saturated carbocycles. The molecule has 1 fully saturated rings. The van der Waals surface area contributed by atoms with Crippen LogP contribution in [0.15, 0.2) is 61.6 Å². The Kier molecular flexibility index (Phi) is 6.86. The van der Waals surface area contributed by atoms with Gasteiger partial charge in [0.1, 0.15) is 22.7 Å². The predicted octanol–water partition coefficient (Wildman–Crippen LogP) is 3.11. The highest BCUT2D eigenvalue weighted by Gasteiger charge is 2.18. The monoisotopic (exact) mass is 497 g/mol. The fourth-order valence-corrected chi connectivity index (χ4v) is 4.05. The van der Waals surface area contributed by atoms with E-state index in [0.717, 1.165) is 37.4 Å². The van der Waals surface area contributed by atoms with Crippen LogP contribution in [-0.4, -0.2) is 76.1 Å². The molecule has 2 N–H and O–H groups in total. The van der Waals surface area contributed by atoms with Crippen molar-refractivity contribution in [3.63, 3.8) is 0 Å². The van der Waals surface area contributed by atoms with Crippen molar-refractivity contribution >= 4 is 40.0 Å². The molecule has 0 spiro atoms. The van der Waals surface area contributed by atoms with Crippen LogP contribution in [0.2, 0.25) is 0 Å². The number of ether oxygens (including phenoxy) is 1. The number of piperazine rings is 1. The van der Waals surface area contributed by atoms with Crippen LogP contribution in [0.25, 0.3) is 22.3 Å². The van der Waals surface area contributed by atoms with Crippen LogP contribution in [0.4, 0.5) is 23.1 Å². The van der Waals surface area contributed by atoms with Crippen molar-refractivity contribution in [1.82, 2.24) is 29.8 Å². The average Bonchev–Trinajstić information content (AvgIpc) is 2.93. The molecule has 11 nitrogen and oxygen atoms in total. The van der Waals surface area contributed by atoms with E-state index in [-0.39, 0.29) is 5.91 Å². The molecular weight excluding hydrogens is 470 g/mol. The smallest absolute Gasteiger partial charge is 0.247 e. The van der Waals surface area contributed by atoms with E-state index in [0.29, 0.717) is 40.1 Å². The molecule has 1 aliphatic heterocycles. The molecule has 1 saturated heterocycles. The van der Waals surface area contributed by atoms with Crippen LogP contribution >= 0.6 is 0 Å². The van der Waals surface area contributed by atoms with Crippen LogP contribution in [0, 0.1) is 0 Å². The number of hydrogen-bond acceptors (Lipinski definition) is 10. The highest BCUT2D eigenvalue weighted by molar-refractivity contribution is 5.99. The van der Waals surface area contributed by atoms with E-state index in [1.54, 1.807) is 37.8 Å². The Morgan fingerprint density at radius 2 is 1.86 bits per heavy atom. The van der Waals surface area contributed by atoms with Crippen LogP contribution < -0.4 is 20.3 Å². The van der Waals surface area contributed by atoms with Gasteiger partial charge in [-0.25, -0.2) is 9.97 Å². The number of fused-ring (bicyclic) bond motifs is 1. The van der Waals surface area contributed by atoms with Gasteiger partial charge >= 0.3 is 0 Å². The van der Waals surface area contributed by atoms with Gasteiger partial charge in [-0.3, -0.25) is 14.8 Å². The first-order valence-electron chi connectivity index (χ1n) is 11.8. The number of carbonyl (C=O) groups excluding carboxylic acids is 1. The molecule has 37 heavy (non-hydrogen) atoms. The molecule has 0 aliphatic carbocycles. The third-order valence-corrected chi connectivity index (χ3v) is 6.07. The molecule has 0 unspecified atom stereocenters. The van der Waals surface area contributed by atoms with Gasteiger partial charge in [-0.15, -0.1) is 0 Å². The van der Waals surface area contributed by atoms with E-state index in [2.05, 4.69) is 49.0 Å². The second-order valence-electron chi connectivity index (χ2n) is 8.56. The van der Waals surface area contributed by atoms with E-state index in [1.807, 2.05) is 18.2 Å². The summed E-state index contributed by atoms with van der Waals surface area (Å²) in [5.74, 6) is 1.39. The standard InChI is InChI=1S/C26H27N9O2/c1-4-22(36)30-18-8-10-27-20(15-18)24-23-17(7-9-28-24)16-29-26(33-23)31-19-5-6-21(32-25(19)37-3)35-13-11-34(2)12-14-35/h4-10,15-16H,1,11-14H2,2-3H3,(H,27,30,36)(H,29,31,33). The molecule has 5 rings (SSSR count). The maximum absolute atomic E-state index is 11.7. The van der Waals surface area contributed by atoms with Gasteiger partial charge in [-0.05, 0) is 43.5 Å². The highest BCUT2D eigenvalue weighted by atomic mass is 16.5. The van der Waals surface area contributed by atoms with Crippen molar-refractivity contribution in [2.24, 2.45) is 0 Å². The summed E-state index contributed by atoms with van der Waals surface area (Å²) in [5.41, 5.74) is 2.97. The Morgan fingerprint density at radius 3 is 2.65 bits per heavy atom. The van der Waals surface area contributed by atoms with E-state index < -0.39 is 0 Å². The number of methoxy groups -OCH3 is 1. The zero-order chi connectivity index (χ0) is 25.8. The number of rotatable bonds is 7. The van der Waals surface area contributed by atoms with E-state index >= 15 is 0 Å². The van der Waals surface area contributed by atoms with Crippen molar-refractivity contribution in [3.8, 4) is 17.3 Å². The lowest BCUT2D eigenvalue weighted by molar-refractivity contribution is -0.111. The summed E-state index contributed by atoms with van der Waals surface area (Å²) in [5, 5.41) is 6.76. The number of carbonyl (C=O) groups is 1. The maximum atomic E-state index is 11.7. The first-order valence-corrected chi connectivity index (χ1v) is 11.8. The maximum Gasteiger partial charge on any atom is 0.247 e. The summed E-state index contributed by atoms with van der Waals surface area (Å²) in [4.78, 5) is 39.1. The molecule has 4 aromatic heterocycles. The molecular formula is C26H27N9O2. The minimum Gasteiger partial charge on any atom is -0.479 e. The van der Waals surface area contributed by atoms with Crippen molar-refractivity contribution in [3.05, 3.63) is 61.6 Å². The lowest BCUT2D eigenvalue weighted by Gasteiger charge is -2.33. The first-order chi connectivity index (χ1) is 18.0. The van der Waals surface area contributed by atoms with Gasteiger partial charge in [0, 0.05) is 55.8 Å². The topological polar surface area (TPSA) is 121 Å². The largest absolute Gasteiger partial charge is 0.479 e. The SMILES string of the molecule is C=CC(=O)Nc1ccnc(-c2nccc3cnc(Nc4ccc(N5CCN(C)CC5)nc4OC)nc23)c1. The summed E-state index contributed by atoms with van der Waals surface area (Å²) in [6.07, 6.45) is 6.21. The summed E-state index contributed by atoms with van der Waals surface area (Å²) < 4.78 is 5.57. The van der Waals surface area contributed by atoms with Crippen LogP contribution in [-0.2, 0) is 4.79 Å². The second-order valence-corrected chi connectivity index (χ2v) is 8.56. The Labute approximate surface area is 214 Å². The lowest BCUT2D eigenvalue weighted by atomic mass is 10.1. The van der Waals surface area contributed by atoms with E-state index in [1.165, 1.54) is 6.08 Å². The highest BCUT2D eigenvalue weighted by Crippen LogP contribution is 2.30. The molecule has 0 bridgehead atoms. The molecule has 0 aromatic carbocycles. The number of amides is 1. The zero-order valence-corrected chi connectivity index (χ0v) is 20.7. The van der Waals surface area contributed by atoms with Gasteiger partial charge in [0.2, 0.25) is 17.7 Å². The number of aromatic nitrogens is 5. The van der Waals surface area contributed by atoms with Crippen molar-refractivity contribution in [2.45, 2.75) is 0 Å². The number of likely N-dealkylation sites (N-methyl/N-ethyl adjacent to an activating group) is 1. The van der Waals surface area contributed by atoms with Crippen LogP contribution in [0.5, 0.6) is 5.88 Å². The molecule has 11 heteroatoms. The third kappa shape index (κ3) is 5.31. The van der Waals surface area contributed by atoms with Crippen molar-refractivity contribution < 1.29 is 9.53 Å². The number of hydrogen-bond donors (Lipinski definition) is 2. The summed E-state index contributed by atoms with van der Waals surface area (Å²) in [6, 6.07) is 9.16. The van der Waals surface area contributed by atoms with Crippen molar-refractivity contribution in [1.29, 1.82) is 0 Å². The Morgan fingerprint density at radius 1 is 1.05 bits per heavy atom. The number of nitrogens with one attached hydrogen (secondary N) is 2. The molecule has 188 valence electrons. The summed E-state index contributed by atoms with van der Waals surface area (Å²) in [7, 11) is 3.71. The Hall–Kier alpha value is -4.64. The Balaban J connectivity index is 1.44. The molecule has 1 amide bonds. The number of nitrogens with zero attached hydrogens (tertiary/aromatic N) is 7. The number of pyridine rings is 3. The van der Waals surface area contributed by atoms with Crippen LogP contribution in [0.3, 0.4) is 0 Å². The van der Waals surface area contributed by atoms with Gasteiger partial charge in [0.15, 0.2) is 0 Å². The van der Waals surface area contributed by atoms with E-state index in [4.69, 9.17) is 14.7 Å². The van der Waals surface area contributed by atoms with Crippen LogP contribution in [0.1, 0.15) is 0 Å². The Bertz CT molecular complexity index is 1450. The molecule has 1 aliphatic rings.